The van der Waals surface area contributed by atoms with E-state index in [0.29, 0.717) is 44.2 Å². The molecule has 2 aromatic rings. The van der Waals surface area contributed by atoms with E-state index in [4.69, 9.17) is 15.0 Å². The highest BCUT2D eigenvalue weighted by Gasteiger charge is 2.49. The van der Waals surface area contributed by atoms with Crippen molar-refractivity contribution in [2.24, 2.45) is 10.9 Å². The summed E-state index contributed by atoms with van der Waals surface area (Å²) in [6.07, 6.45) is 5.29. The fourth-order valence-electron chi connectivity index (χ4n) is 6.55. The van der Waals surface area contributed by atoms with Crippen molar-refractivity contribution < 1.29 is 9.90 Å². The van der Waals surface area contributed by atoms with E-state index in [0.717, 1.165) is 34.8 Å². The number of urea groups is 1. The molecule has 2 aromatic heterocycles. The number of aliphatic hydroxyl groups excluding tert-OH is 1. The second-order valence-electron chi connectivity index (χ2n) is 12.3. The molecule has 11 heteroatoms. The molecule has 0 bridgehead atoms. The van der Waals surface area contributed by atoms with Crippen LogP contribution in [0.3, 0.4) is 0 Å². The van der Waals surface area contributed by atoms with Crippen LogP contribution in [0.1, 0.15) is 57.9 Å². The monoisotopic (exact) mass is 555 g/mol. The number of amides is 2. The van der Waals surface area contributed by atoms with Gasteiger partial charge in [0.25, 0.3) is 0 Å². The van der Waals surface area contributed by atoms with E-state index in [2.05, 4.69) is 41.6 Å². The molecular formula is C30H37N9O2. The first-order chi connectivity index (χ1) is 19.6. The lowest BCUT2D eigenvalue weighted by atomic mass is 9.84. The van der Waals surface area contributed by atoms with Gasteiger partial charge >= 0.3 is 6.03 Å². The van der Waals surface area contributed by atoms with Crippen LogP contribution < -0.4 is 4.90 Å². The Balaban J connectivity index is 1.24. The average Bonchev–Trinajstić information content (AvgIpc) is 3.40. The number of aliphatic hydroxyl groups is 1. The van der Waals surface area contributed by atoms with Crippen LogP contribution in [-0.4, -0.2) is 96.4 Å². The van der Waals surface area contributed by atoms with Gasteiger partial charge in [-0.15, -0.1) is 0 Å². The van der Waals surface area contributed by atoms with E-state index in [-0.39, 0.29) is 24.0 Å². The lowest BCUT2D eigenvalue weighted by Gasteiger charge is -2.37. The molecule has 0 spiro atoms. The number of carbonyl (C=O) groups excluding carboxylic acids is 1. The van der Waals surface area contributed by atoms with E-state index in [9.17, 15) is 15.2 Å². The van der Waals surface area contributed by atoms with Crippen molar-refractivity contribution >= 4 is 17.7 Å². The number of hydrogen-bond donors (Lipinski definition) is 1. The highest BCUT2D eigenvalue weighted by molar-refractivity contribution is 6.01. The van der Waals surface area contributed by atoms with Gasteiger partial charge in [-0.3, -0.25) is 0 Å². The number of nitrogens with zero attached hydrogens (tertiary/aromatic N) is 9. The minimum Gasteiger partial charge on any atom is -0.386 e. The van der Waals surface area contributed by atoms with Crippen LogP contribution >= 0.6 is 0 Å². The zero-order valence-electron chi connectivity index (χ0n) is 24.3. The zero-order chi connectivity index (χ0) is 29.1. The normalized spacial score (nSPS) is 25.5. The predicted octanol–water partition coefficient (Wildman–Crippen LogP) is 2.77. The Kier molecular flexibility index (Phi) is 6.69. The first kappa shape index (κ1) is 27.1. The number of aromatic nitrogens is 3. The van der Waals surface area contributed by atoms with Crippen LogP contribution in [0.5, 0.6) is 0 Å². The number of aliphatic imine (C=N–C) groups is 1. The topological polar surface area (TPSA) is 125 Å². The van der Waals surface area contributed by atoms with Crippen LogP contribution in [0.4, 0.5) is 10.7 Å². The van der Waals surface area contributed by atoms with Crippen molar-refractivity contribution in [3.63, 3.8) is 0 Å². The number of anilines is 1. The fourth-order valence-corrected chi connectivity index (χ4v) is 6.55. The third-order valence-electron chi connectivity index (χ3n) is 9.03. The summed E-state index contributed by atoms with van der Waals surface area (Å²) >= 11 is 0. The van der Waals surface area contributed by atoms with Gasteiger partial charge < -0.3 is 24.7 Å². The summed E-state index contributed by atoms with van der Waals surface area (Å²) in [5.41, 5.74) is 3.23. The molecule has 0 radical (unpaired) electrons. The van der Waals surface area contributed by atoms with E-state index in [1.165, 1.54) is 0 Å². The molecule has 0 aromatic carbocycles. The molecule has 41 heavy (non-hydrogen) atoms. The van der Waals surface area contributed by atoms with Gasteiger partial charge in [0.2, 0.25) is 5.95 Å². The van der Waals surface area contributed by atoms with E-state index >= 15 is 0 Å². The number of fused-ring (bicyclic) bond motifs is 1. The summed E-state index contributed by atoms with van der Waals surface area (Å²) < 4.78 is 0. The Morgan fingerprint density at radius 3 is 2.63 bits per heavy atom. The number of nitriles is 1. The number of pyridine rings is 1. The summed E-state index contributed by atoms with van der Waals surface area (Å²) in [7, 11) is 0. The lowest BCUT2D eigenvalue weighted by molar-refractivity contribution is 0.0523. The summed E-state index contributed by atoms with van der Waals surface area (Å²) in [4.78, 5) is 39.6. The zero-order valence-corrected chi connectivity index (χ0v) is 24.3. The van der Waals surface area contributed by atoms with E-state index < -0.39 is 11.6 Å². The summed E-state index contributed by atoms with van der Waals surface area (Å²) in [5, 5.41) is 20.9. The van der Waals surface area contributed by atoms with Crippen molar-refractivity contribution in [3.05, 3.63) is 58.9 Å². The molecule has 3 atom stereocenters. The number of rotatable bonds is 5. The van der Waals surface area contributed by atoms with Crippen LogP contribution in [0.2, 0.25) is 0 Å². The Bertz CT molecular complexity index is 1460. The Morgan fingerprint density at radius 1 is 1.17 bits per heavy atom. The largest absolute Gasteiger partial charge is 0.386 e. The molecule has 1 N–H and O–H groups in total. The van der Waals surface area contributed by atoms with Gasteiger partial charge in [-0.1, -0.05) is 13.0 Å². The molecule has 2 saturated heterocycles. The maximum absolute atomic E-state index is 12.7. The van der Waals surface area contributed by atoms with Gasteiger partial charge in [-0.2, -0.15) is 5.26 Å². The van der Waals surface area contributed by atoms with Gasteiger partial charge in [-0.25, -0.2) is 24.7 Å². The standard InChI is InChI=1S/C30H37N9O2/c1-18(2)38-17-22-16-36(9-10-37(22)29(38)41)28-33-13-21(14-34-28)23-11-19(3)25-26(40)30(4,5)39(27(25)35-23)15-20-7-6-8-32-24(20)12-31/h6-8,13-14,18-19,22,26,40H,9-11,15-17H2,1-5H3/t19?,22-,26?/m0/s1. The average molecular weight is 556 g/mol. The minimum atomic E-state index is -0.675. The maximum Gasteiger partial charge on any atom is 0.320 e. The molecule has 0 saturated carbocycles. The predicted molar refractivity (Wildman–Crippen MR) is 154 cm³/mol. The molecule has 214 valence electrons. The highest BCUT2D eigenvalue weighted by atomic mass is 16.3. The first-order valence-electron chi connectivity index (χ1n) is 14.4. The summed E-state index contributed by atoms with van der Waals surface area (Å²) in [6, 6.07) is 6.36. The molecule has 6 rings (SSSR count). The van der Waals surface area contributed by atoms with Crippen LogP contribution in [0.25, 0.3) is 0 Å². The fraction of sp³-hybridized carbons (Fsp3) is 0.533. The van der Waals surface area contributed by atoms with Gasteiger partial charge in [-0.05, 0) is 46.1 Å². The molecule has 6 heterocycles. The molecule has 2 amide bonds. The van der Waals surface area contributed by atoms with Gasteiger partial charge in [0.1, 0.15) is 23.7 Å². The van der Waals surface area contributed by atoms with Gasteiger partial charge in [0.15, 0.2) is 0 Å². The Hall–Kier alpha value is -4.04. The number of piperazine rings is 1. The Morgan fingerprint density at radius 2 is 1.93 bits per heavy atom. The minimum absolute atomic E-state index is 0.0812. The lowest BCUT2D eigenvalue weighted by Crippen LogP contribution is -2.52. The smallest absolute Gasteiger partial charge is 0.320 e. The number of hydrogen-bond acceptors (Lipinski definition) is 9. The first-order valence-corrected chi connectivity index (χ1v) is 14.4. The molecule has 4 aliphatic rings. The molecule has 4 aliphatic heterocycles. The van der Waals surface area contributed by atoms with Gasteiger partial charge in [0, 0.05) is 74.1 Å². The third kappa shape index (κ3) is 4.50. The van der Waals surface area contributed by atoms with Crippen LogP contribution in [0.15, 0.2) is 47.1 Å². The SMILES string of the molecule is CC1CC(c2cnc(N3CCN4C(=O)N(C(C)C)C[C@@H]4C3)nc2)=NC2=C1C(O)C(C)(C)N2Cc1cccnc1C#N. The Labute approximate surface area is 240 Å². The number of carbonyl (C=O) groups is 1. The maximum atomic E-state index is 12.7. The van der Waals surface area contributed by atoms with Crippen molar-refractivity contribution in [2.45, 2.75) is 71.3 Å². The molecule has 11 nitrogen and oxygen atoms in total. The highest BCUT2D eigenvalue weighted by Crippen LogP contribution is 2.45. The third-order valence-corrected chi connectivity index (χ3v) is 9.03. The molecule has 0 aliphatic carbocycles. The quantitative estimate of drug-likeness (QED) is 0.597. The van der Waals surface area contributed by atoms with Crippen molar-refractivity contribution in [1.82, 2.24) is 29.7 Å². The molecule has 2 fully saturated rings. The molecule has 2 unspecified atom stereocenters. The van der Waals surface area contributed by atoms with Crippen LogP contribution in [-0.2, 0) is 6.54 Å². The summed E-state index contributed by atoms with van der Waals surface area (Å²) in [5.74, 6) is 1.50. The van der Waals surface area contributed by atoms with Crippen molar-refractivity contribution in [1.29, 1.82) is 5.26 Å². The van der Waals surface area contributed by atoms with E-state index in [1.807, 2.05) is 48.2 Å². The second kappa shape index (κ2) is 10.1. The van der Waals surface area contributed by atoms with Crippen molar-refractivity contribution in [3.8, 4) is 6.07 Å². The van der Waals surface area contributed by atoms with Crippen molar-refractivity contribution in [2.75, 3.05) is 31.1 Å². The van der Waals surface area contributed by atoms with Gasteiger partial charge in [0.05, 0.1) is 17.3 Å². The van der Waals surface area contributed by atoms with E-state index in [1.54, 1.807) is 6.20 Å². The van der Waals surface area contributed by atoms with Crippen LogP contribution in [0, 0.1) is 17.2 Å². The summed E-state index contributed by atoms with van der Waals surface area (Å²) in [6.45, 7) is 13.5. The molecular weight excluding hydrogens is 518 g/mol. The second-order valence-corrected chi connectivity index (χ2v) is 12.3.